The predicted octanol–water partition coefficient (Wildman–Crippen LogP) is -0.0981. The molecule has 0 bridgehead atoms. The van der Waals surface area contributed by atoms with Gasteiger partial charge >= 0.3 is 0 Å². The van der Waals surface area contributed by atoms with E-state index in [-0.39, 0.29) is 48.6 Å². The van der Waals surface area contributed by atoms with Crippen LogP contribution in [-0.2, 0) is 47.0 Å². The second-order valence-corrected chi connectivity index (χ2v) is 12.6. The molecule has 1 saturated heterocycles. The molecule has 256 valence electrons. The summed E-state index contributed by atoms with van der Waals surface area (Å²) >= 11 is 0. The van der Waals surface area contributed by atoms with Crippen molar-refractivity contribution < 1.29 is 41.8 Å². The lowest BCUT2D eigenvalue weighted by Gasteiger charge is -2.27. The zero-order chi connectivity index (χ0) is 34.1. The van der Waals surface area contributed by atoms with Gasteiger partial charge in [-0.15, -0.1) is 5.10 Å². The summed E-state index contributed by atoms with van der Waals surface area (Å²) in [6.07, 6.45) is 1.86. The van der Waals surface area contributed by atoms with Gasteiger partial charge in [0, 0.05) is 30.9 Å². The maximum atomic E-state index is 13.2. The van der Waals surface area contributed by atoms with Crippen molar-refractivity contribution in [3.05, 3.63) is 65.5 Å². The van der Waals surface area contributed by atoms with E-state index in [4.69, 9.17) is 19.9 Å². The maximum absolute atomic E-state index is 13.2. The van der Waals surface area contributed by atoms with E-state index in [1.807, 2.05) is 0 Å². The van der Waals surface area contributed by atoms with E-state index >= 15 is 0 Å². The number of rotatable bonds is 18. The van der Waals surface area contributed by atoms with Gasteiger partial charge in [0.25, 0.3) is 11.8 Å². The molecule has 0 radical (unpaired) electrons. The molecule has 17 nitrogen and oxygen atoms in total. The van der Waals surface area contributed by atoms with Gasteiger partial charge in [-0.2, -0.15) is 0 Å². The smallest absolute Gasteiger partial charge is 0.264 e. The number of sulfonamides is 1. The highest BCUT2D eigenvalue weighted by atomic mass is 32.2. The van der Waals surface area contributed by atoms with Gasteiger partial charge in [0.15, 0.2) is 0 Å². The Morgan fingerprint density at radius 2 is 1.67 bits per heavy atom. The van der Waals surface area contributed by atoms with Gasteiger partial charge in [-0.1, -0.05) is 11.3 Å². The van der Waals surface area contributed by atoms with Crippen LogP contribution in [0.3, 0.4) is 0 Å². The maximum Gasteiger partial charge on any atom is 0.264 e. The number of benzene rings is 2. The number of nitrogens with zero attached hydrogens (tertiary/aromatic N) is 4. The van der Waals surface area contributed by atoms with Crippen molar-refractivity contribution in [2.45, 2.75) is 36.9 Å². The Balaban J connectivity index is 0.927. The zero-order valence-corrected chi connectivity index (χ0v) is 26.7. The fourth-order valence-corrected chi connectivity index (χ4v) is 6.08. The molecule has 4 amide bonds. The number of hydrogen-bond donors (Lipinski definition) is 4. The average Bonchev–Trinajstić information content (AvgIpc) is 3.62. The van der Waals surface area contributed by atoms with Crippen LogP contribution >= 0.6 is 0 Å². The fourth-order valence-electron chi connectivity index (χ4n) is 5.07. The van der Waals surface area contributed by atoms with Crippen LogP contribution in [0.15, 0.2) is 53.6 Å². The number of hydrogen-bond acceptors (Lipinski definition) is 13. The summed E-state index contributed by atoms with van der Waals surface area (Å²) < 4.78 is 45.3. The summed E-state index contributed by atoms with van der Waals surface area (Å²) in [5, 5.41) is 13.4. The van der Waals surface area contributed by atoms with E-state index < -0.39 is 39.7 Å². The summed E-state index contributed by atoms with van der Waals surface area (Å²) in [7, 11) is -3.65. The Hall–Kier alpha value is -4.75. The normalized spacial score (nSPS) is 16.3. The van der Waals surface area contributed by atoms with Crippen molar-refractivity contribution in [2.75, 3.05) is 57.2 Å². The quantitative estimate of drug-likeness (QED) is 0.0781. The number of amides is 4. The van der Waals surface area contributed by atoms with E-state index in [9.17, 15) is 27.6 Å². The Morgan fingerprint density at radius 1 is 0.917 bits per heavy atom. The number of nitrogen functional groups attached to an aromatic ring is 1. The first-order valence-corrected chi connectivity index (χ1v) is 16.7. The molecule has 48 heavy (non-hydrogen) atoms. The van der Waals surface area contributed by atoms with Crippen LogP contribution in [0.25, 0.3) is 0 Å². The van der Waals surface area contributed by atoms with Crippen molar-refractivity contribution >= 4 is 45.0 Å². The lowest BCUT2D eigenvalue weighted by molar-refractivity contribution is -0.136. The number of piperidine rings is 1. The number of nitrogens with two attached hydrogens (primary N) is 1. The highest BCUT2D eigenvalue weighted by Crippen LogP contribution is 2.32. The van der Waals surface area contributed by atoms with Crippen molar-refractivity contribution in [1.29, 1.82) is 0 Å². The van der Waals surface area contributed by atoms with E-state index in [1.165, 1.54) is 30.3 Å². The first-order chi connectivity index (χ1) is 23.1. The number of imide groups is 2. The Kier molecular flexibility index (Phi) is 11.5. The number of nitrogens with one attached hydrogen (secondary N) is 3. The lowest BCUT2D eigenvalue weighted by Crippen LogP contribution is -2.54. The van der Waals surface area contributed by atoms with Gasteiger partial charge in [0.1, 0.15) is 11.7 Å². The van der Waals surface area contributed by atoms with Crippen LogP contribution in [0, 0.1) is 0 Å². The average molecular weight is 685 g/mol. The van der Waals surface area contributed by atoms with Crippen LogP contribution in [0.5, 0.6) is 0 Å². The van der Waals surface area contributed by atoms with Gasteiger partial charge in [0.2, 0.25) is 21.8 Å². The standard InChI is InChI=1S/C30H36N8O9S/c31-20-4-6-22(7-5-20)48(43,44)33-11-14-47-19-21-18-37(36-35-21)12-15-46-17-16-45-13-10-32-24-3-1-2-23-27(24)30(42)38(29(23)41)25-8-9-26(39)34-28(25)40/h1-7,18,25,32-33H,8-17,19,31H2,(H,34,39,40). The van der Waals surface area contributed by atoms with E-state index in [0.717, 1.165) is 4.90 Å². The van der Waals surface area contributed by atoms with Crippen LogP contribution < -0.4 is 21.1 Å². The molecule has 2 aliphatic heterocycles. The van der Waals surface area contributed by atoms with Gasteiger partial charge in [-0.25, -0.2) is 17.8 Å². The van der Waals surface area contributed by atoms with E-state index in [2.05, 4.69) is 25.7 Å². The molecular formula is C30H36N8O9S. The first-order valence-electron chi connectivity index (χ1n) is 15.2. The number of carbonyl (C=O) groups excluding carboxylic acids is 4. The summed E-state index contributed by atoms with van der Waals surface area (Å²) in [5.41, 5.74) is 7.51. The fraction of sp³-hybridized carbons (Fsp3) is 0.400. The van der Waals surface area contributed by atoms with Crippen molar-refractivity contribution in [3.63, 3.8) is 0 Å². The number of ether oxygens (including phenoxy) is 3. The summed E-state index contributed by atoms with van der Waals surface area (Å²) in [5.74, 6) is -2.23. The molecule has 5 N–H and O–H groups in total. The Labute approximate surface area is 276 Å². The largest absolute Gasteiger partial charge is 0.399 e. The predicted molar refractivity (Wildman–Crippen MR) is 169 cm³/mol. The minimum atomic E-state index is -3.65. The molecule has 0 aliphatic carbocycles. The van der Waals surface area contributed by atoms with Gasteiger partial charge in [0.05, 0.1) is 68.4 Å². The van der Waals surface area contributed by atoms with Gasteiger partial charge in [-0.3, -0.25) is 29.4 Å². The number of aromatic nitrogens is 3. The number of anilines is 2. The second-order valence-electron chi connectivity index (χ2n) is 10.8. The molecule has 2 aromatic carbocycles. The number of fused-ring (bicyclic) bond motifs is 1. The molecule has 0 spiro atoms. The Morgan fingerprint density at radius 3 is 2.44 bits per heavy atom. The summed E-state index contributed by atoms with van der Waals surface area (Å²) in [4.78, 5) is 51.0. The molecular weight excluding hydrogens is 648 g/mol. The van der Waals surface area contributed by atoms with Crippen molar-refractivity contribution in [3.8, 4) is 0 Å². The van der Waals surface area contributed by atoms with E-state index in [0.29, 0.717) is 56.6 Å². The SMILES string of the molecule is Nc1ccc(S(=O)(=O)NCCOCc2cn(CCOCCOCCNc3cccc4c3C(=O)N(C3CCC(=O)NC3=O)C4=O)nn2)cc1. The lowest BCUT2D eigenvalue weighted by atomic mass is 10.0. The monoisotopic (exact) mass is 684 g/mol. The molecule has 1 atom stereocenters. The molecule has 1 fully saturated rings. The van der Waals surface area contributed by atoms with Crippen molar-refractivity contribution in [1.82, 2.24) is 29.9 Å². The van der Waals surface area contributed by atoms with Crippen LogP contribution in [0.1, 0.15) is 39.3 Å². The summed E-state index contributed by atoms with van der Waals surface area (Å²) in [6.45, 7) is 2.56. The third-order valence-corrected chi connectivity index (χ3v) is 8.91. The van der Waals surface area contributed by atoms with Crippen LogP contribution in [0.2, 0.25) is 0 Å². The molecule has 1 unspecified atom stereocenters. The first kappa shape index (κ1) is 34.6. The highest BCUT2D eigenvalue weighted by Gasteiger charge is 2.45. The highest BCUT2D eigenvalue weighted by molar-refractivity contribution is 7.89. The minimum Gasteiger partial charge on any atom is -0.399 e. The molecule has 3 heterocycles. The van der Waals surface area contributed by atoms with Gasteiger partial charge < -0.3 is 25.3 Å². The van der Waals surface area contributed by atoms with Crippen molar-refractivity contribution in [2.24, 2.45) is 0 Å². The summed E-state index contributed by atoms with van der Waals surface area (Å²) in [6, 6.07) is 9.74. The minimum absolute atomic E-state index is 0.0532. The third kappa shape index (κ3) is 8.58. The van der Waals surface area contributed by atoms with Crippen LogP contribution in [-0.4, -0.2) is 104 Å². The molecule has 1 aromatic heterocycles. The second kappa shape index (κ2) is 15.9. The molecule has 0 saturated carbocycles. The number of carbonyl (C=O) groups is 4. The topological polar surface area (TPSA) is 226 Å². The van der Waals surface area contributed by atoms with E-state index in [1.54, 1.807) is 23.0 Å². The van der Waals surface area contributed by atoms with Gasteiger partial charge in [-0.05, 0) is 42.8 Å². The molecule has 3 aromatic rings. The molecule has 18 heteroatoms. The third-order valence-electron chi connectivity index (χ3n) is 7.43. The van der Waals surface area contributed by atoms with Crippen LogP contribution in [0.4, 0.5) is 11.4 Å². The molecule has 5 rings (SSSR count). The Bertz CT molecular complexity index is 1750. The molecule has 2 aliphatic rings. The zero-order valence-electron chi connectivity index (χ0n) is 25.9.